The van der Waals surface area contributed by atoms with Gasteiger partial charge in [-0.3, -0.25) is 4.79 Å². The third-order valence-corrected chi connectivity index (χ3v) is 4.40. The molecular formula is C18H17N3O3S. The Hall–Kier alpha value is -2.93. The van der Waals surface area contributed by atoms with E-state index in [0.717, 1.165) is 22.7 Å². The summed E-state index contributed by atoms with van der Waals surface area (Å²) in [6, 6.07) is 13.0. The van der Waals surface area contributed by atoms with Crippen molar-refractivity contribution in [3.63, 3.8) is 0 Å². The van der Waals surface area contributed by atoms with Crippen LogP contribution in [0.1, 0.15) is 15.2 Å². The van der Waals surface area contributed by atoms with E-state index in [0.29, 0.717) is 27.8 Å². The second-order valence-electron chi connectivity index (χ2n) is 5.34. The van der Waals surface area contributed by atoms with Crippen LogP contribution in [-0.4, -0.2) is 29.7 Å². The minimum Gasteiger partial charge on any atom is -0.497 e. The zero-order valence-corrected chi connectivity index (χ0v) is 14.9. The van der Waals surface area contributed by atoms with Gasteiger partial charge in [0, 0.05) is 11.6 Å². The molecule has 2 aromatic carbocycles. The van der Waals surface area contributed by atoms with Crippen LogP contribution in [0, 0.1) is 6.92 Å². The second-order valence-corrected chi connectivity index (χ2v) is 6.09. The summed E-state index contributed by atoms with van der Waals surface area (Å²) in [6.45, 7) is 2.01. The first kappa shape index (κ1) is 16.9. The van der Waals surface area contributed by atoms with Crippen molar-refractivity contribution in [1.29, 1.82) is 0 Å². The molecular weight excluding hydrogens is 338 g/mol. The molecule has 1 N–H and O–H groups in total. The molecule has 0 aliphatic carbocycles. The Morgan fingerprint density at radius 2 is 1.84 bits per heavy atom. The largest absolute Gasteiger partial charge is 0.497 e. The summed E-state index contributed by atoms with van der Waals surface area (Å²) in [4.78, 5) is 13.1. The number of methoxy groups -OCH3 is 2. The minimum atomic E-state index is -0.283. The molecule has 1 heterocycles. The van der Waals surface area contributed by atoms with Gasteiger partial charge in [-0.05, 0) is 30.6 Å². The van der Waals surface area contributed by atoms with Crippen molar-refractivity contribution in [1.82, 2.24) is 9.59 Å². The Kier molecular flexibility index (Phi) is 4.95. The number of amides is 1. The summed E-state index contributed by atoms with van der Waals surface area (Å²) in [5, 5.41) is 6.95. The lowest BCUT2D eigenvalue weighted by atomic mass is 10.1. The molecule has 0 saturated carbocycles. The number of hydrogen-bond acceptors (Lipinski definition) is 6. The maximum Gasteiger partial charge on any atom is 0.269 e. The number of aromatic nitrogens is 2. The Labute approximate surface area is 149 Å². The van der Waals surface area contributed by atoms with E-state index < -0.39 is 0 Å². The lowest BCUT2D eigenvalue weighted by Gasteiger charge is -2.11. The lowest BCUT2D eigenvalue weighted by Crippen LogP contribution is -2.12. The molecule has 0 fully saturated rings. The van der Waals surface area contributed by atoms with Gasteiger partial charge in [-0.15, -0.1) is 5.10 Å². The SMILES string of the molecule is COc1ccc(NC(=O)c2snnc2-c2ccc(C)cc2)c(OC)c1. The first-order valence-corrected chi connectivity index (χ1v) is 8.32. The number of carbonyl (C=O) groups is 1. The molecule has 6 nitrogen and oxygen atoms in total. The molecule has 25 heavy (non-hydrogen) atoms. The molecule has 1 aromatic heterocycles. The zero-order valence-electron chi connectivity index (χ0n) is 14.1. The fraction of sp³-hybridized carbons (Fsp3) is 0.167. The van der Waals surface area contributed by atoms with Crippen molar-refractivity contribution in [2.75, 3.05) is 19.5 Å². The quantitative estimate of drug-likeness (QED) is 0.754. The molecule has 0 radical (unpaired) electrons. The first-order chi connectivity index (χ1) is 12.1. The fourth-order valence-electron chi connectivity index (χ4n) is 2.32. The number of rotatable bonds is 5. The van der Waals surface area contributed by atoms with Crippen molar-refractivity contribution in [3.8, 4) is 22.8 Å². The average molecular weight is 355 g/mol. The normalized spacial score (nSPS) is 10.4. The van der Waals surface area contributed by atoms with E-state index in [1.54, 1.807) is 25.3 Å². The summed E-state index contributed by atoms with van der Waals surface area (Å²) >= 11 is 1.06. The Morgan fingerprint density at radius 3 is 2.52 bits per heavy atom. The molecule has 0 aliphatic rings. The van der Waals surface area contributed by atoms with Crippen molar-refractivity contribution in [3.05, 3.63) is 52.9 Å². The Morgan fingerprint density at radius 1 is 1.08 bits per heavy atom. The van der Waals surface area contributed by atoms with Crippen molar-refractivity contribution in [2.45, 2.75) is 6.92 Å². The molecule has 0 unspecified atom stereocenters. The number of aryl methyl sites for hydroxylation is 1. The Balaban J connectivity index is 1.88. The molecule has 1 amide bonds. The van der Waals surface area contributed by atoms with Gasteiger partial charge in [0.2, 0.25) is 0 Å². The highest BCUT2D eigenvalue weighted by Gasteiger charge is 2.19. The maximum atomic E-state index is 12.7. The monoisotopic (exact) mass is 355 g/mol. The van der Waals surface area contributed by atoms with Crippen LogP contribution in [-0.2, 0) is 0 Å². The number of anilines is 1. The predicted octanol–water partition coefficient (Wildman–Crippen LogP) is 3.78. The number of carbonyl (C=O) groups excluding carboxylic acids is 1. The predicted molar refractivity (Wildman–Crippen MR) is 97.6 cm³/mol. The summed E-state index contributed by atoms with van der Waals surface area (Å²) in [5.41, 5.74) is 3.11. The van der Waals surface area contributed by atoms with E-state index >= 15 is 0 Å². The number of nitrogens with zero attached hydrogens (tertiary/aromatic N) is 2. The lowest BCUT2D eigenvalue weighted by molar-refractivity contribution is 0.103. The van der Waals surface area contributed by atoms with Gasteiger partial charge < -0.3 is 14.8 Å². The van der Waals surface area contributed by atoms with E-state index in [9.17, 15) is 4.79 Å². The van der Waals surface area contributed by atoms with Crippen molar-refractivity contribution in [2.24, 2.45) is 0 Å². The first-order valence-electron chi connectivity index (χ1n) is 7.55. The summed E-state index contributed by atoms with van der Waals surface area (Å²) in [7, 11) is 3.11. The highest BCUT2D eigenvalue weighted by Crippen LogP contribution is 2.31. The van der Waals surface area contributed by atoms with E-state index in [1.807, 2.05) is 31.2 Å². The van der Waals surface area contributed by atoms with E-state index in [1.165, 1.54) is 7.11 Å². The topological polar surface area (TPSA) is 73.3 Å². The molecule has 3 rings (SSSR count). The van der Waals surface area contributed by atoms with Crippen LogP contribution < -0.4 is 14.8 Å². The highest BCUT2D eigenvalue weighted by atomic mass is 32.1. The molecule has 0 saturated heterocycles. The number of benzene rings is 2. The van der Waals surface area contributed by atoms with Crippen LogP contribution >= 0.6 is 11.5 Å². The van der Waals surface area contributed by atoms with Crippen LogP contribution in [0.15, 0.2) is 42.5 Å². The van der Waals surface area contributed by atoms with Gasteiger partial charge in [0.05, 0.1) is 19.9 Å². The molecule has 0 atom stereocenters. The van der Waals surface area contributed by atoms with E-state index in [4.69, 9.17) is 9.47 Å². The van der Waals surface area contributed by atoms with Gasteiger partial charge in [-0.25, -0.2) is 0 Å². The standard InChI is InChI=1S/C18H17N3O3S/c1-11-4-6-12(7-5-11)16-17(25-21-20-16)18(22)19-14-9-8-13(23-2)10-15(14)24-3/h4-10H,1-3H3,(H,19,22). The Bertz CT molecular complexity index is 891. The highest BCUT2D eigenvalue weighted by molar-refractivity contribution is 7.08. The molecule has 0 bridgehead atoms. The minimum absolute atomic E-state index is 0.283. The van der Waals surface area contributed by atoms with Crippen LogP contribution in [0.4, 0.5) is 5.69 Å². The van der Waals surface area contributed by atoms with Gasteiger partial charge in [0.25, 0.3) is 5.91 Å². The van der Waals surface area contributed by atoms with Crippen LogP contribution in [0.5, 0.6) is 11.5 Å². The van der Waals surface area contributed by atoms with Gasteiger partial charge in [-0.2, -0.15) is 0 Å². The van der Waals surface area contributed by atoms with Gasteiger partial charge >= 0.3 is 0 Å². The average Bonchev–Trinajstić information content (AvgIpc) is 3.12. The fourth-order valence-corrected chi connectivity index (χ4v) is 2.90. The second kappa shape index (κ2) is 7.31. The van der Waals surface area contributed by atoms with Gasteiger partial charge in [0.1, 0.15) is 22.1 Å². The van der Waals surface area contributed by atoms with Crippen LogP contribution in [0.25, 0.3) is 11.3 Å². The third kappa shape index (κ3) is 3.61. The molecule has 0 spiro atoms. The van der Waals surface area contributed by atoms with Crippen molar-refractivity contribution < 1.29 is 14.3 Å². The smallest absolute Gasteiger partial charge is 0.269 e. The molecule has 0 aliphatic heterocycles. The number of hydrogen-bond donors (Lipinski definition) is 1. The zero-order chi connectivity index (χ0) is 17.8. The van der Waals surface area contributed by atoms with Crippen LogP contribution in [0.3, 0.4) is 0 Å². The van der Waals surface area contributed by atoms with Crippen molar-refractivity contribution >= 4 is 23.1 Å². The molecule has 3 aromatic rings. The van der Waals surface area contributed by atoms with Gasteiger partial charge in [0.15, 0.2) is 0 Å². The van der Waals surface area contributed by atoms with E-state index in [2.05, 4.69) is 14.9 Å². The molecule has 128 valence electrons. The number of ether oxygens (including phenoxy) is 2. The van der Waals surface area contributed by atoms with Gasteiger partial charge in [-0.1, -0.05) is 34.3 Å². The summed E-state index contributed by atoms with van der Waals surface area (Å²) in [6.07, 6.45) is 0. The maximum absolute atomic E-state index is 12.7. The number of nitrogens with one attached hydrogen (secondary N) is 1. The van der Waals surface area contributed by atoms with E-state index in [-0.39, 0.29) is 5.91 Å². The third-order valence-electron chi connectivity index (χ3n) is 3.68. The summed E-state index contributed by atoms with van der Waals surface area (Å²) < 4.78 is 14.4. The summed E-state index contributed by atoms with van der Waals surface area (Å²) in [5.74, 6) is 0.880. The van der Waals surface area contributed by atoms with Crippen LogP contribution in [0.2, 0.25) is 0 Å². The molecule has 7 heteroatoms.